The highest BCUT2D eigenvalue weighted by atomic mass is 19.1. The summed E-state index contributed by atoms with van der Waals surface area (Å²) in [6.45, 7) is 2.17. The summed E-state index contributed by atoms with van der Waals surface area (Å²) < 4.78 is 18.6. The van der Waals surface area contributed by atoms with Gasteiger partial charge >= 0.3 is 5.97 Å². The monoisotopic (exact) mass is 409 g/mol. The molecule has 0 spiro atoms. The molecule has 0 amide bonds. The summed E-state index contributed by atoms with van der Waals surface area (Å²) in [5.74, 6) is 0.154. The van der Waals surface area contributed by atoms with E-state index in [0.717, 1.165) is 57.8 Å². The molecule has 0 aromatic heterocycles. The zero-order valence-corrected chi connectivity index (χ0v) is 17.9. The van der Waals surface area contributed by atoms with Crippen molar-refractivity contribution in [3.63, 3.8) is 0 Å². The van der Waals surface area contributed by atoms with Gasteiger partial charge in [0.25, 0.3) is 0 Å². The Hall–Kier alpha value is -2.41. The zero-order valence-electron chi connectivity index (χ0n) is 17.9. The van der Waals surface area contributed by atoms with E-state index >= 15 is 0 Å². The van der Waals surface area contributed by atoms with E-state index < -0.39 is 5.83 Å². The number of nitriles is 1. The summed E-state index contributed by atoms with van der Waals surface area (Å²) in [6.07, 6.45) is 13.3. The molecule has 0 unspecified atom stereocenters. The molecule has 2 aliphatic carbocycles. The van der Waals surface area contributed by atoms with Crippen molar-refractivity contribution in [3.05, 3.63) is 59.4 Å². The van der Waals surface area contributed by atoms with E-state index in [0.29, 0.717) is 11.8 Å². The summed E-state index contributed by atoms with van der Waals surface area (Å²) in [5.41, 5.74) is 2.77. The van der Waals surface area contributed by atoms with E-state index in [1.54, 1.807) is 6.08 Å². The molecule has 3 rings (SSSR count). The summed E-state index contributed by atoms with van der Waals surface area (Å²) in [5, 5.41) is 8.41. The Balaban J connectivity index is 1.39. The van der Waals surface area contributed by atoms with E-state index in [4.69, 9.17) is 10.00 Å². The van der Waals surface area contributed by atoms with Gasteiger partial charge in [-0.1, -0.05) is 43.3 Å². The third kappa shape index (κ3) is 6.29. The van der Waals surface area contributed by atoms with Gasteiger partial charge < -0.3 is 4.74 Å². The van der Waals surface area contributed by atoms with Crippen molar-refractivity contribution in [2.45, 2.75) is 76.7 Å². The van der Waals surface area contributed by atoms with Crippen LogP contribution in [0.15, 0.2) is 48.3 Å². The van der Waals surface area contributed by atoms with Crippen molar-refractivity contribution in [2.24, 2.45) is 11.8 Å². The maximum Gasteiger partial charge on any atom is 0.309 e. The lowest BCUT2D eigenvalue weighted by molar-refractivity contribution is -0.157. The number of carbonyl (C=O) groups excluding carboxylic acids is 1. The minimum Gasteiger partial charge on any atom is -0.462 e. The van der Waals surface area contributed by atoms with Gasteiger partial charge in [0.2, 0.25) is 0 Å². The molecule has 160 valence electrons. The van der Waals surface area contributed by atoms with Crippen LogP contribution in [0.2, 0.25) is 0 Å². The van der Waals surface area contributed by atoms with Crippen LogP contribution in [-0.4, -0.2) is 12.1 Å². The van der Waals surface area contributed by atoms with Gasteiger partial charge in [0, 0.05) is 0 Å². The van der Waals surface area contributed by atoms with Gasteiger partial charge in [0.05, 0.1) is 5.92 Å². The molecule has 2 aliphatic rings. The quantitative estimate of drug-likeness (QED) is 0.304. The van der Waals surface area contributed by atoms with Gasteiger partial charge in [-0.2, -0.15) is 9.65 Å². The highest BCUT2D eigenvalue weighted by Gasteiger charge is 2.30. The number of hydrogen-bond acceptors (Lipinski definition) is 3. The van der Waals surface area contributed by atoms with Gasteiger partial charge in [-0.05, 0) is 86.8 Å². The number of hydrogen-bond donors (Lipinski definition) is 0. The fourth-order valence-electron chi connectivity index (χ4n) is 4.68. The van der Waals surface area contributed by atoms with Crippen molar-refractivity contribution in [1.29, 1.82) is 5.26 Å². The van der Waals surface area contributed by atoms with Crippen LogP contribution in [0.5, 0.6) is 0 Å². The second-order valence-corrected chi connectivity index (χ2v) is 8.63. The number of esters is 1. The van der Waals surface area contributed by atoms with Gasteiger partial charge in [-0.3, -0.25) is 4.79 Å². The highest BCUT2D eigenvalue weighted by molar-refractivity contribution is 5.72. The first-order chi connectivity index (χ1) is 14.6. The minimum atomic E-state index is -0.776. The van der Waals surface area contributed by atoms with Crippen LogP contribution in [0.4, 0.5) is 4.39 Å². The average Bonchev–Trinajstić information content (AvgIpc) is 2.80. The number of allylic oxidation sites excluding steroid dienone is 4. The van der Waals surface area contributed by atoms with Crippen molar-refractivity contribution in [2.75, 3.05) is 0 Å². The maximum atomic E-state index is 12.8. The zero-order chi connectivity index (χ0) is 21.3. The first kappa shape index (κ1) is 22.3. The lowest BCUT2D eigenvalue weighted by atomic mass is 9.78. The molecular formula is C26H32FNO2. The largest absolute Gasteiger partial charge is 0.462 e. The Labute approximate surface area is 179 Å². The maximum absolute atomic E-state index is 12.8. The van der Waals surface area contributed by atoms with Crippen molar-refractivity contribution < 1.29 is 13.9 Å². The SMILES string of the molecule is CCc1ccc(C2CCC(C(=O)OC3CCC(/C=C/C=C(F)C#N)CC3)CC2)cc1. The topological polar surface area (TPSA) is 50.1 Å². The third-order valence-corrected chi connectivity index (χ3v) is 6.65. The number of halogens is 1. The molecule has 30 heavy (non-hydrogen) atoms. The molecule has 0 heterocycles. The minimum absolute atomic E-state index is 0.00727. The van der Waals surface area contributed by atoms with Gasteiger partial charge in [0.15, 0.2) is 5.83 Å². The Morgan fingerprint density at radius 3 is 2.37 bits per heavy atom. The van der Waals surface area contributed by atoms with Crippen LogP contribution in [0.3, 0.4) is 0 Å². The summed E-state index contributed by atoms with van der Waals surface area (Å²) in [6, 6.07) is 10.4. The first-order valence-electron chi connectivity index (χ1n) is 11.3. The smallest absolute Gasteiger partial charge is 0.309 e. The molecular weight excluding hydrogens is 377 g/mol. The summed E-state index contributed by atoms with van der Waals surface area (Å²) in [4.78, 5) is 12.6. The first-order valence-corrected chi connectivity index (χ1v) is 11.3. The lowest BCUT2D eigenvalue weighted by Crippen LogP contribution is -2.29. The van der Waals surface area contributed by atoms with E-state index in [1.165, 1.54) is 23.3 Å². The van der Waals surface area contributed by atoms with Crippen molar-refractivity contribution in [3.8, 4) is 6.07 Å². The number of benzene rings is 1. The molecule has 4 heteroatoms. The average molecular weight is 410 g/mol. The Bertz CT molecular complexity index is 789. The molecule has 1 aromatic rings. The van der Waals surface area contributed by atoms with Crippen LogP contribution in [0.1, 0.15) is 75.3 Å². The van der Waals surface area contributed by atoms with Crippen molar-refractivity contribution in [1.82, 2.24) is 0 Å². The van der Waals surface area contributed by atoms with Gasteiger partial charge in [-0.25, -0.2) is 0 Å². The van der Waals surface area contributed by atoms with Crippen LogP contribution >= 0.6 is 0 Å². The van der Waals surface area contributed by atoms with E-state index in [-0.39, 0.29) is 18.0 Å². The van der Waals surface area contributed by atoms with Gasteiger partial charge in [-0.15, -0.1) is 0 Å². The van der Waals surface area contributed by atoms with Crippen LogP contribution in [0, 0.1) is 23.2 Å². The molecule has 1 aromatic carbocycles. The van der Waals surface area contributed by atoms with Crippen LogP contribution in [0.25, 0.3) is 0 Å². The number of aryl methyl sites for hydroxylation is 1. The molecule has 0 radical (unpaired) electrons. The van der Waals surface area contributed by atoms with Crippen molar-refractivity contribution >= 4 is 5.97 Å². The number of ether oxygens (including phenoxy) is 1. The number of carbonyl (C=O) groups is 1. The third-order valence-electron chi connectivity index (χ3n) is 6.65. The molecule has 2 saturated carbocycles. The fraction of sp³-hybridized carbons (Fsp3) is 0.538. The van der Waals surface area contributed by atoms with Gasteiger partial charge in [0.1, 0.15) is 12.2 Å². The Morgan fingerprint density at radius 2 is 1.77 bits per heavy atom. The molecule has 0 bridgehead atoms. The molecule has 0 atom stereocenters. The molecule has 0 saturated heterocycles. The lowest BCUT2D eigenvalue weighted by Gasteiger charge is -2.31. The summed E-state index contributed by atoms with van der Waals surface area (Å²) in [7, 11) is 0. The molecule has 0 aliphatic heterocycles. The summed E-state index contributed by atoms with van der Waals surface area (Å²) >= 11 is 0. The normalized spacial score (nSPS) is 27.6. The predicted octanol–water partition coefficient (Wildman–Crippen LogP) is 6.56. The second-order valence-electron chi connectivity index (χ2n) is 8.63. The fourth-order valence-corrected chi connectivity index (χ4v) is 4.68. The number of rotatable bonds is 6. The molecule has 3 nitrogen and oxygen atoms in total. The standard InChI is InChI=1S/C26H32FNO2/c1-2-19-6-10-21(11-7-19)22-12-14-23(15-13-22)26(29)30-25-16-8-20(9-17-25)4-3-5-24(27)18-28/h3-7,10-11,20,22-23,25H,2,8-9,12-17H2,1H3/b4-3+,24-5?. The van der Waals surface area contributed by atoms with E-state index in [1.807, 2.05) is 6.08 Å². The molecule has 0 N–H and O–H groups in total. The van der Waals surface area contributed by atoms with E-state index in [2.05, 4.69) is 31.2 Å². The Kier molecular flexibility index (Phi) is 8.25. The number of nitrogens with zero attached hydrogens (tertiary/aromatic N) is 1. The Morgan fingerprint density at radius 1 is 1.10 bits per heavy atom. The van der Waals surface area contributed by atoms with E-state index in [9.17, 15) is 9.18 Å². The highest BCUT2D eigenvalue weighted by Crippen LogP contribution is 2.37. The second kappa shape index (κ2) is 11.1. The van der Waals surface area contributed by atoms with Crippen LogP contribution < -0.4 is 0 Å². The predicted molar refractivity (Wildman–Crippen MR) is 116 cm³/mol. The molecule has 2 fully saturated rings. The van der Waals surface area contributed by atoms with Crippen LogP contribution in [-0.2, 0) is 16.0 Å².